The Balaban J connectivity index is 2.08. The van der Waals surface area contributed by atoms with Crippen LogP contribution >= 0.6 is 15.9 Å². The number of likely N-dealkylation sites (tertiary alicyclic amines) is 1. The maximum Gasteiger partial charge on any atom is 0.270 e. The molecule has 1 saturated heterocycles. The van der Waals surface area contributed by atoms with Crippen LogP contribution in [0.15, 0.2) is 22.7 Å². The number of benzene rings is 1. The smallest absolute Gasteiger partial charge is 0.270 e. The maximum absolute atomic E-state index is 10.9. The SMILES string of the molecule is CCC1CN(Cc2cc(Br)cc([N+](=O)[O-])c2)CCC1N. The minimum Gasteiger partial charge on any atom is -0.327 e. The molecule has 0 radical (unpaired) electrons. The molecule has 5 nitrogen and oxygen atoms in total. The number of halogens is 1. The summed E-state index contributed by atoms with van der Waals surface area (Å²) in [5.41, 5.74) is 7.21. The van der Waals surface area contributed by atoms with Gasteiger partial charge in [-0.1, -0.05) is 29.3 Å². The van der Waals surface area contributed by atoms with Gasteiger partial charge in [0.15, 0.2) is 0 Å². The van der Waals surface area contributed by atoms with Gasteiger partial charge in [-0.15, -0.1) is 0 Å². The van der Waals surface area contributed by atoms with Gasteiger partial charge in [0.2, 0.25) is 0 Å². The molecular formula is C14H20BrN3O2. The average molecular weight is 342 g/mol. The number of nitrogens with zero attached hydrogens (tertiary/aromatic N) is 2. The molecule has 1 fully saturated rings. The summed E-state index contributed by atoms with van der Waals surface area (Å²) in [5.74, 6) is 0.519. The number of piperidine rings is 1. The number of nitro benzene ring substituents is 1. The van der Waals surface area contributed by atoms with Crippen molar-refractivity contribution in [2.45, 2.75) is 32.4 Å². The monoisotopic (exact) mass is 341 g/mol. The van der Waals surface area contributed by atoms with Crippen LogP contribution < -0.4 is 5.73 Å². The summed E-state index contributed by atoms with van der Waals surface area (Å²) >= 11 is 3.34. The zero-order valence-electron chi connectivity index (χ0n) is 11.6. The van der Waals surface area contributed by atoms with Crippen LogP contribution in [0.2, 0.25) is 0 Å². The molecule has 0 bridgehead atoms. The number of non-ortho nitro benzene ring substituents is 1. The molecule has 0 saturated carbocycles. The molecule has 0 spiro atoms. The molecule has 2 rings (SSSR count). The van der Waals surface area contributed by atoms with E-state index in [0.717, 1.165) is 42.5 Å². The third-order valence-electron chi connectivity index (χ3n) is 3.96. The molecule has 2 atom stereocenters. The average Bonchev–Trinajstić information content (AvgIpc) is 2.40. The van der Waals surface area contributed by atoms with Crippen LogP contribution in [0.25, 0.3) is 0 Å². The lowest BCUT2D eigenvalue weighted by Crippen LogP contribution is -2.46. The van der Waals surface area contributed by atoms with Gasteiger partial charge in [0.25, 0.3) is 5.69 Å². The zero-order chi connectivity index (χ0) is 14.7. The zero-order valence-corrected chi connectivity index (χ0v) is 13.2. The molecule has 1 aromatic rings. The highest BCUT2D eigenvalue weighted by atomic mass is 79.9. The summed E-state index contributed by atoms with van der Waals surface area (Å²) < 4.78 is 0.752. The predicted molar refractivity (Wildman–Crippen MR) is 82.4 cm³/mol. The van der Waals surface area contributed by atoms with Gasteiger partial charge in [0, 0.05) is 35.7 Å². The minimum atomic E-state index is -0.352. The Morgan fingerprint density at radius 1 is 1.50 bits per heavy atom. The molecule has 0 aliphatic carbocycles. The van der Waals surface area contributed by atoms with E-state index in [1.807, 2.05) is 6.07 Å². The number of rotatable bonds is 4. The Kier molecular flexibility index (Phi) is 5.12. The van der Waals surface area contributed by atoms with Gasteiger partial charge >= 0.3 is 0 Å². The van der Waals surface area contributed by atoms with Crippen molar-refractivity contribution in [3.8, 4) is 0 Å². The highest BCUT2D eigenvalue weighted by Crippen LogP contribution is 2.25. The molecule has 2 N–H and O–H groups in total. The normalized spacial score (nSPS) is 23.8. The topological polar surface area (TPSA) is 72.4 Å². The lowest BCUT2D eigenvalue weighted by Gasteiger charge is -2.36. The third-order valence-corrected chi connectivity index (χ3v) is 4.42. The fourth-order valence-electron chi connectivity index (χ4n) is 2.79. The second-order valence-electron chi connectivity index (χ2n) is 5.43. The molecule has 110 valence electrons. The van der Waals surface area contributed by atoms with Crippen molar-refractivity contribution in [3.63, 3.8) is 0 Å². The molecule has 2 unspecified atom stereocenters. The summed E-state index contributed by atoms with van der Waals surface area (Å²) in [6.45, 7) is 4.83. The first-order chi connectivity index (χ1) is 9.49. The first kappa shape index (κ1) is 15.4. The van der Waals surface area contributed by atoms with E-state index in [1.165, 1.54) is 6.07 Å². The standard InChI is InChI=1S/C14H20BrN3O2/c1-2-11-9-17(4-3-14(11)16)8-10-5-12(15)7-13(6-10)18(19)20/h5-7,11,14H,2-4,8-9,16H2,1H3. The summed E-state index contributed by atoms with van der Waals surface area (Å²) in [6, 6.07) is 5.42. The molecule has 1 aliphatic heterocycles. The van der Waals surface area contributed by atoms with Crippen LogP contribution in [0.5, 0.6) is 0 Å². The van der Waals surface area contributed by atoms with E-state index in [0.29, 0.717) is 5.92 Å². The van der Waals surface area contributed by atoms with Crippen molar-refractivity contribution in [2.24, 2.45) is 11.7 Å². The van der Waals surface area contributed by atoms with Gasteiger partial charge in [0.1, 0.15) is 0 Å². The molecule has 1 heterocycles. The van der Waals surface area contributed by atoms with Crippen molar-refractivity contribution in [2.75, 3.05) is 13.1 Å². The molecule has 0 aromatic heterocycles. The number of nitro groups is 1. The number of nitrogens with two attached hydrogens (primary N) is 1. The molecule has 1 aromatic carbocycles. The van der Waals surface area contributed by atoms with E-state index >= 15 is 0 Å². The first-order valence-corrected chi connectivity index (χ1v) is 7.70. The van der Waals surface area contributed by atoms with Gasteiger partial charge in [-0.05, 0) is 30.5 Å². The van der Waals surface area contributed by atoms with Gasteiger partial charge in [-0.2, -0.15) is 0 Å². The van der Waals surface area contributed by atoms with Crippen molar-refractivity contribution in [3.05, 3.63) is 38.3 Å². The van der Waals surface area contributed by atoms with Crippen LogP contribution in [0.1, 0.15) is 25.3 Å². The maximum atomic E-state index is 10.9. The minimum absolute atomic E-state index is 0.134. The molecule has 6 heteroatoms. The van der Waals surface area contributed by atoms with Crippen molar-refractivity contribution in [1.82, 2.24) is 4.90 Å². The summed E-state index contributed by atoms with van der Waals surface area (Å²) in [6.07, 6.45) is 2.07. The van der Waals surface area contributed by atoms with E-state index in [9.17, 15) is 10.1 Å². The molecule has 20 heavy (non-hydrogen) atoms. The highest BCUT2D eigenvalue weighted by molar-refractivity contribution is 9.10. The molecular weight excluding hydrogens is 322 g/mol. The van der Waals surface area contributed by atoms with E-state index in [2.05, 4.69) is 27.8 Å². The largest absolute Gasteiger partial charge is 0.327 e. The van der Waals surface area contributed by atoms with Gasteiger partial charge < -0.3 is 5.73 Å². The van der Waals surface area contributed by atoms with Crippen LogP contribution in [0, 0.1) is 16.0 Å². The van der Waals surface area contributed by atoms with Crippen LogP contribution in [-0.2, 0) is 6.54 Å². The van der Waals surface area contributed by atoms with E-state index in [-0.39, 0.29) is 16.7 Å². The highest BCUT2D eigenvalue weighted by Gasteiger charge is 2.25. The predicted octanol–water partition coefficient (Wildman–Crippen LogP) is 2.92. The van der Waals surface area contributed by atoms with E-state index < -0.39 is 0 Å². The van der Waals surface area contributed by atoms with Crippen LogP contribution in [0.4, 0.5) is 5.69 Å². The Bertz CT molecular complexity index is 495. The second-order valence-corrected chi connectivity index (χ2v) is 6.35. The quantitative estimate of drug-likeness (QED) is 0.675. The van der Waals surface area contributed by atoms with Gasteiger partial charge in [-0.25, -0.2) is 0 Å². The fraction of sp³-hybridized carbons (Fsp3) is 0.571. The molecule has 0 amide bonds. The van der Waals surface area contributed by atoms with Crippen LogP contribution in [-0.4, -0.2) is 29.0 Å². The number of hydrogen-bond acceptors (Lipinski definition) is 4. The lowest BCUT2D eigenvalue weighted by atomic mass is 9.90. The van der Waals surface area contributed by atoms with Gasteiger partial charge in [-0.3, -0.25) is 15.0 Å². The summed E-state index contributed by atoms with van der Waals surface area (Å²) in [7, 11) is 0. The van der Waals surface area contributed by atoms with Crippen LogP contribution in [0.3, 0.4) is 0 Å². The Morgan fingerprint density at radius 3 is 2.90 bits per heavy atom. The van der Waals surface area contributed by atoms with Crippen molar-refractivity contribution < 1.29 is 4.92 Å². The number of hydrogen-bond donors (Lipinski definition) is 1. The van der Waals surface area contributed by atoms with Crippen molar-refractivity contribution >= 4 is 21.6 Å². The van der Waals surface area contributed by atoms with Crippen molar-refractivity contribution in [1.29, 1.82) is 0 Å². The Morgan fingerprint density at radius 2 is 2.25 bits per heavy atom. The lowest BCUT2D eigenvalue weighted by molar-refractivity contribution is -0.385. The second kappa shape index (κ2) is 6.65. The third kappa shape index (κ3) is 3.77. The van der Waals surface area contributed by atoms with E-state index in [1.54, 1.807) is 6.07 Å². The Hall–Kier alpha value is -0.980. The van der Waals surface area contributed by atoms with Gasteiger partial charge in [0.05, 0.1) is 4.92 Å². The first-order valence-electron chi connectivity index (χ1n) is 6.91. The fourth-order valence-corrected chi connectivity index (χ4v) is 3.32. The summed E-state index contributed by atoms with van der Waals surface area (Å²) in [5, 5.41) is 10.9. The van der Waals surface area contributed by atoms with E-state index in [4.69, 9.17) is 5.73 Å². The Labute approximate surface area is 127 Å². The summed E-state index contributed by atoms with van der Waals surface area (Å²) in [4.78, 5) is 12.9. The molecule has 1 aliphatic rings.